The van der Waals surface area contributed by atoms with Crippen molar-refractivity contribution in [2.75, 3.05) is 26.3 Å². The van der Waals surface area contributed by atoms with Crippen LogP contribution in [-0.4, -0.2) is 48.9 Å². The highest BCUT2D eigenvalue weighted by molar-refractivity contribution is 9.10. The van der Waals surface area contributed by atoms with Crippen LogP contribution in [0.2, 0.25) is 0 Å². The lowest BCUT2D eigenvalue weighted by atomic mass is 10.2. The summed E-state index contributed by atoms with van der Waals surface area (Å²) in [6.45, 7) is 1.51. The monoisotopic (exact) mass is 332 g/mol. The first-order valence-corrected chi connectivity index (χ1v) is 7.14. The predicted molar refractivity (Wildman–Crippen MR) is 71.7 cm³/mol. The van der Waals surface area contributed by atoms with Crippen LogP contribution in [0.4, 0.5) is 0 Å². The number of hydrogen-bond acceptors (Lipinski definition) is 5. The molecule has 7 heteroatoms. The maximum atomic E-state index is 12.1. The Morgan fingerprint density at radius 2 is 2.39 bits per heavy atom. The van der Waals surface area contributed by atoms with Gasteiger partial charge in [-0.25, -0.2) is 0 Å². The van der Waals surface area contributed by atoms with Crippen LogP contribution in [0.5, 0.6) is 0 Å². The Morgan fingerprint density at radius 3 is 3.00 bits per heavy atom. The minimum Gasteiger partial charge on any atom is -0.378 e. The van der Waals surface area contributed by atoms with E-state index in [9.17, 15) is 9.59 Å². The zero-order chi connectivity index (χ0) is 13.1. The maximum absolute atomic E-state index is 12.1. The van der Waals surface area contributed by atoms with Gasteiger partial charge in [0, 0.05) is 11.0 Å². The van der Waals surface area contributed by atoms with Crippen LogP contribution in [0.3, 0.4) is 0 Å². The predicted octanol–water partition coefficient (Wildman–Crippen LogP) is 0.879. The molecule has 1 atom stereocenters. The number of carbonyl (C=O) groups is 2. The molecule has 2 rings (SSSR count). The second kappa shape index (κ2) is 5.92. The first kappa shape index (κ1) is 13.7. The first-order valence-electron chi connectivity index (χ1n) is 5.47. The van der Waals surface area contributed by atoms with E-state index in [1.54, 1.807) is 4.90 Å². The fourth-order valence-corrected chi connectivity index (χ4v) is 3.36. The molecule has 2 heterocycles. The van der Waals surface area contributed by atoms with Crippen molar-refractivity contribution in [2.45, 2.75) is 6.04 Å². The van der Waals surface area contributed by atoms with E-state index in [2.05, 4.69) is 15.9 Å². The second-order valence-electron chi connectivity index (χ2n) is 3.98. The van der Waals surface area contributed by atoms with Crippen molar-refractivity contribution in [3.05, 3.63) is 20.8 Å². The molecule has 5 nitrogen and oxygen atoms in total. The zero-order valence-electron chi connectivity index (χ0n) is 9.60. The highest BCUT2D eigenvalue weighted by Crippen LogP contribution is 2.23. The number of Topliss-reactive ketones (excluding diaryl/α,β-unsaturated/α-hetero) is 1. The summed E-state index contributed by atoms with van der Waals surface area (Å²) in [6, 6.07) is 1.32. The van der Waals surface area contributed by atoms with E-state index >= 15 is 0 Å². The van der Waals surface area contributed by atoms with Crippen molar-refractivity contribution in [1.29, 1.82) is 0 Å². The molecule has 0 saturated carbocycles. The summed E-state index contributed by atoms with van der Waals surface area (Å²) in [5, 5.41) is 1.85. The molecule has 0 aromatic carbocycles. The van der Waals surface area contributed by atoms with E-state index in [1.165, 1.54) is 11.3 Å². The van der Waals surface area contributed by atoms with Gasteiger partial charge in [0.05, 0.1) is 24.6 Å². The van der Waals surface area contributed by atoms with Crippen LogP contribution in [0.25, 0.3) is 0 Å². The number of thiophene rings is 1. The summed E-state index contributed by atoms with van der Waals surface area (Å²) in [5.74, 6) is -0.460. The van der Waals surface area contributed by atoms with Crippen LogP contribution < -0.4 is 5.73 Å². The van der Waals surface area contributed by atoms with Gasteiger partial charge in [-0.15, -0.1) is 11.3 Å². The SMILES string of the molecule is NC(=O)C1COCCN1CC(=O)c1sccc1Br. The van der Waals surface area contributed by atoms with Gasteiger partial charge in [-0.1, -0.05) is 0 Å². The van der Waals surface area contributed by atoms with E-state index in [-0.39, 0.29) is 18.9 Å². The smallest absolute Gasteiger partial charge is 0.237 e. The number of primary amides is 1. The number of carbonyl (C=O) groups excluding carboxylic acids is 2. The van der Waals surface area contributed by atoms with Crippen molar-refractivity contribution >= 4 is 39.0 Å². The molecule has 1 saturated heterocycles. The van der Waals surface area contributed by atoms with Gasteiger partial charge in [-0.05, 0) is 27.4 Å². The normalized spacial score (nSPS) is 20.8. The minimum absolute atomic E-state index is 0.00924. The molecule has 98 valence electrons. The van der Waals surface area contributed by atoms with Crippen LogP contribution in [0.1, 0.15) is 9.67 Å². The molecule has 2 N–H and O–H groups in total. The molecular weight excluding hydrogens is 320 g/mol. The second-order valence-corrected chi connectivity index (χ2v) is 5.75. The number of amides is 1. The maximum Gasteiger partial charge on any atom is 0.237 e. The van der Waals surface area contributed by atoms with Crippen molar-refractivity contribution in [3.8, 4) is 0 Å². The Kier molecular flexibility index (Phi) is 4.50. The first-order chi connectivity index (χ1) is 8.59. The highest BCUT2D eigenvalue weighted by atomic mass is 79.9. The lowest BCUT2D eigenvalue weighted by Crippen LogP contribution is -2.53. The van der Waals surface area contributed by atoms with Crippen molar-refractivity contribution < 1.29 is 14.3 Å². The van der Waals surface area contributed by atoms with Gasteiger partial charge in [-0.3, -0.25) is 14.5 Å². The summed E-state index contributed by atoms with van der Waals surface area (Å²) < 4.78 is 6.00. The molecule has 0 aliphatic carbocycles. The van der Waals surface area contributed by atoms with Crippen LogP contribution >= 0.6 is 27.3 Å². The standard InChI is InChI=1S/C11H13BrN2O3S/c12-7-1-4-18-10(7)9(15)5-14-2-3-17-6-8(14)11(13)16/h1,4,8H,2-3,5-6H2,(H2,13,16). The van der Waals surface area contributed by atoms with Gasteiger partial charge in [-0.2, -0.15) is 0 Å². The van der Waals surface area contributed by atoms with E-state index in [4.69, 9.17) is 10.5 Å². The molecule has 1 aliphatic heterocycles. The Balaban J connectivity index is 2.05. The third kappa shape index (κ3) is 2.97. The average molecular weight is 333 g/mol. The van der Waals surface area contributed by atoms with E-state index < -0.39 is 11.9 Å². The molecule has 18 heavy (non-hydrogen) atoms. The minimum atomic E-state index is -0.513. The zero-order valence-corrected chi connectivity index (χ0v) is 12.0. The lowest BCUT2D eigenvalue weighted by molar-refractivity contribution is -0.128. The van der Waals surface area contributed by atoms with Crippen molar-refractivity contribution in [2.24, 2.45) is 5.73 Å². The summed E-state index contributed by atoms with van der Waals surface area (Å²) in [6.07, 6.45) is 0. The molecule has 1 fully saturated rings. The van der Waals surface area contributed by atoms with Crippen molar-refractivity contribution in [3.63, 3.8) is 0 Å². The number of rotatable bonds is 4. The summed E-state index contributed by atoms with van der Waals surface area (Å²) >= 11 is 4.72. The Hall–Kier alpha value is -0.760. The number of hydrogen-bond donors (Lipinski definition) is 1. The largest absolute Gasteiger partial charge is 0.378 e. The molecule has 1 aliphatic rings. The Labute approximate surface area is 117 Å². The molecule has 1 unspecified atom stereocenters. The molecule has 0 radical (unpaired) electrons. The fraction of sp³-hybridized carbons (Fsp3) is 0.455. The average Bonchev–Trinajstić information content (AvgIpc) is 2.76. The highest BCUT2D eigenvalue weighted by Gasteiger charge is 2.29. The molecule has 1 amide bonds. The number of morpholine rings is 1. The van der Waals surface area contributed by atoms with Gasteiger partial charge >= 0.3 is 0 Å². The van der Waals surface area contributed by atoms with Gasteiger partial charge < -0.3 is 10.5 Å². The Morgan fingerprint density at radius 1 is 1.61 bits per heavy atom. The third-order valence-corrected chi connectivity index (χ3v) is 4.66. The summed E-state index contributed by atoms with van der Waals surface area (Å²) in [4.78, 5) is 25.8. The quantitative estimate of drug-likeness (QED) is 0.831. The number of ether oxygens (including phenoxy) is 1. The lowest BCUT2D eigenvalue weighted by Gasteiger charge is -2.32. The van der Waals surface area contributed by atoms with E-state index in [0.717, 1.165) is 4.47 Å². The topological polar surface area (TPSA) is 72.6 Å². The molecule has 1 aromatic rings. The Bertz CT molecular complexity index is 463. The molecule has 0 spiro atoms. The number of nitrogens with zero attached hydrogens (tertiary/aromatic N) is 1. The molecule has 1 aromatic heterocycles. The number of halogens is 1. The number of ketones is 1. The van der Waals surface area contributed by atoms with Crippen LogP contribution in [-0.2, 0) is 9.53 Å². The van der Waals surface area contributed by atoms with Gasteiger partial charge in [0.25, 0.3) is 0 Å². The summed E-state index contributed by atoms with van der Waals surface area (Å²) in [5.41, 5.74) is 5.30. The summed E-state index contributed by atoms with van der Waals surface area (Å²) in [7, 11) is 0. The van der Waals surface area contributed by atoms with Gasteiger partial charge in [0.1, 0.15) is 6.04 Å². The van der Waals surface area contributed by atoms with Gasteiger partial charge in [0.15, 0.2) is 5.78 Å². The van der Waals surface area contributed by atoms with E-state index in [1.807, 2.05) is 11.4 Å². The van der Waals surface area contributed by atoms with Gasteiger partial charge in [0.2, 0.25) is 5.91 Å². The van der Waals surface area contributed by atoms with Crippen molar-refractivity contribution in [1.82, 2.24) is 4.90 Å². The van der Waals surface area contributed by atoms with Crippen LogP contribution in [0, 0.1) is 0 Å². The van der Waals surface area contributed by atoms with Crippen LogP contribution in [0.15, 0.2) is 15.9 Å². The third-order valence-electron chi connectivity index (χ3n) is 2.78. The number of nitrogens with two attached hydrogens (primary N) is 1. The van der Waals surface area contributed by atoms with E-state index in [0.29, 0.717) is 18.0 Å². The molecule has 0 bridgehead atoms. The fourth-order valence-electron chi connectivity index (χ4n) is 1.84. The molecular formula is C11H13BrN2O3S.